The van der Waals surface area contributed by atoms with Crippen LogP contribution >= 0.6 is 0 Å². The second-order valence-corrected chi connectivity index (χ2v) is 6.79. The van der Waals surface area contributed by atoms with E-state index in [1.54, 1.807) is 6.07 Å². The Morgan fingerprint density at radius 3 is 2.06 bits per heavy atom. The Bertz CT molecular complexity index is 1230. The lowest BCUT2D eigenvalue weighted by Gasteiger charge is -2.13. The molecule has 32 heavy (non-hydrogen) atoms. The van der Waals surface area contributed by atoms with Crippen molar-refractivity contribution < 1.29 is 31.8 Å². The maximum absolute atomic E-state index is 13.4. The summed E-state index contributed by atoms with van der Waals surface area (Å²) in [6.07, 6.45) is -4.87. The van der Waals surface area contributed by atoms with Gasteiger partial charge in [-0.2, -0.15) is 0 Å². The maximum atomic E-state index is 13.4. The molecule has 0 saturated heterocycles. The van der Waals surface area contributed by atoms with Gasteiger partial charge in [-0.25, -0.2) is 8.78 Å². The van der Waals surface area contributed by atoms with Gasteiger partial charge in [0.2, 0.25) is 5.88 Å². The summed E-state index contributed by atoms with van der Waals surface area (Å²) in [5.41, 5.74) is 1.66. The summed E-state index contributed by atoms with van der Waals surface area (Å²) in [5, 5.41) is 13.8. The van der Waals surface area contributed by atoms with Gasteiger partial charge in [0.25, 0.3) is 0 Å². The number of aromatic hydroxyl groups is 1. The largest absolute Gasteiger partial charge is 0.573 e. The molecule has 0 spiro atoms. The Hall–Kier alpha value is -4.01. The SMILES string of the molecule is Oc1c(Nc2ccc(F)cc2)cc(-c2cccc(OC(F)(F)F)c2)n1-c1ccc(F)cc1. The molecule has 0 fully saturated rings. The smallest absolute Gasteiger partial charge is 0.493 e. The normalized spacial score (nSPS) is 11.4. The zero-order chi connectivity index (χ0) is 22.9. The van der Waals surface area contributed by atoms with Crippen LogP contribution in [-0.2, 0) is 0 Å². The Morgan fingerprint density at radius 1 is 0.812 bits per heavy atom. The van der Waals surface area contributed by atoms with Gasteiger partial charge in [0, 0.05) is 16.9 Å². The number of nitrogens with zero attached hydrogens (tertiary/aromatic N) is 1. The Labute approximate surface area is 179 Å². The lowest BCUT2D eigenvalue weighted by molar-refractivity contribution is -0.274. The Morgan fingerprint density at radius 2 is 1.44 bits per heavy atom. The summed E-state index contributed by atoms with van der Waals surface area (Å²) in [5.74, 6) is -1.65. The molecule has 3 aromatic carbocycles. The van der Waals surface area contributed by atoms with Crippen LogP contribution in [0.5, 0.6) is 11.6 Å². The van der Waals surface area contributed by atoms with Crippen LogP contribution in [-0.4, -0.2) is 16.0 Å². The Kier molecular flexibility index (Phi) is 5.48. The molecular weight excluding hydrogens is 431 g/mol. The fourth-order valence-electron chi connectivity index (χ4n) is 3.20. The summed E-state index contributed by atoms with van der Waals surface area (Å²) < 4.78 is 69.9. The molecule has 1 heterocycles. The third-order valence-corrected chi connectivity index (χ3v) is 4.55. The molecule has 0 aliphatic rings. The highest BCUT2D eigenvalue weighted by atomic mass is 19.4. The molecule has 0 aliphatic carbocycles. The summed E-state index contributed by atoms with van der Waals surface area (Å²) in [6, 6.07) is 17.3. The lowest BCUT2D eigenvalue weighted by atomic mass is 10.1. The van der Waals surface area contributed by atoms with Crippen LogP contribution in [0.2, 0.25) is 0 Å². The van der Waals surface area contributed by atoms with Crippen LogP contribution < -0.4 is 10.1 Å². The van der Waals surface area contributed by atoms with Crippen molar-refractivity contribution >= 4 is 11.4 Å². The Balaban J connectivity index is 1.82. The number of benzene rings is 3. The van der Waals surface area contributed by atoms with E-state index in [4.69, 9.17) is 0 Å². The van der Waals surface area contributed by atoms with Gasteiger partial charge < -0.3 is 15.2 Å². The number of hydrogen-bond donors (Lipinski definition) is 2. The van der Waals surface area contributed by atoms with E-state index in [1.165, 1.54) is 71.3 Å². The third-order valence-electron chi connectivity index (χ3n) is 4.55. The lowest BCUT2D eigenvalue weighted by Crippen LogP contribution is -2.17. The average Bonchev–Trinajstić information content (AvgIpc) is 3.05. The molecule has 0 atom stereocenters. The van der Waals surface area contributed by atoms with Crippen LogP contribution in [0.4, 0.5) is 33.3 Å². The van der Waals surface area contributed by atoms with Crippen molar-refractivity contribution in [3.63, 3.8) is 0 Å². The van der Waals surface area contributed by atoms with E-state index in [0.29, 0.717) is 22.6 Å². The van der Waals surface area contributed by atoms with E-state index in [0.717, 1.165) is 6.07 Å². The summed E-state index contributed by atoms with van der Waals surface area (Å²) >= 11 is 0. The number of ether oxygens (including phenoxy) is 1. The first kappa shape index (κ1) is 21.2. The molecular formula is C23H15F5N2O2. The highest BCUT2D eigenvalue weighted by molar-refractivity contribution is 5.77. The molecule has 0 radical (unpaired) electrons. The highest BCUT2D eigenvalue weighted by Crippen LogP contribution is 2.39. The fourth-order valence-corrected chi connectivity index (χ4v) is 3.20. The third kappa shape index (κ3) is 4.66. The van der Waals surface area contributed by atoms with Crippen molar-refractivity contribution in [2.45, 2.75) is 6.36 Å². The minimum Gasteiger partial charge on any atom is -0.493 e. The molecule has 2 N–H and O–H groups in total. The van der Waals surface area contributed by atoms with E-state index < -0.39 is 23.7 Å². The van der Waals surface area contributed by atoms with Gasteiger partial charge in [0.15, 0.2) is 0 Å². The van der Waals surface area contributed by atoms with Gasteiger partial charge in [-0.1, -0.05) is 12.1 Å². The average molecular weight is 446 g/mol. The monoisotopic (exact) mass is 446 g/mol. The number of rotatable bonds is 5. The van der Waals surface area contributed by atoms with Crippen LogP contribution in [0.3, 0.4) is 0 Å². The van der Waals surface area contributed by atoms with Crippen LogP contribution in [0, 0.1) is 11.6 Å². The number of hydrogen-bond acceptors (Lipinski definition) is 3. The van der Waals surface area contributed by atoms with Gasteiger partial charge in [0.1, 0.15) is 23.1 Å². The number of aromatic nitrogens is 1. The molecule has 0 aliphatic heterocycles. The molecule has 1 aromatic heterocycles. The standard InChI is InChI=1S/C23H15F5N2O2/c24-15-4-8-17(9-5-15)29-20-13-21(14-2-1-3-19(12-14)32-23(26,27)28)30(22(20)31)18-10-6-16(25)7-11-18/h1-13,29,31H. The minimum absolute atomic E-state index is 0.207. The van der Waals surface area contributed by atoms with Gasteiger partial charge >= 0.3 is 6.36 Å². The molecule has 0 saturated carbocycles. The highest BCUT2D eigenvalue weighted by Gasteiger charge is 2.31. The number of nitrogens with one attached hydrogen (secondary N) is 1. The van der Waals surface area contributed by atoms with E-state index in [9.17, 15) is 27.1 Å². The van der Waals surface area contributed by atoms with E-state index in [1.807, 2.05) is 0 Å². The predicted octanol–water partition coefficient (Wildman–Crippen LogP) is 6.77. The molecule has 4 aromatic rings. The van der Waals surface area contributed by atoms with Crippen molar-refractivity contribution in [2.75, 3.05) is 5.32 Å². The van der Waals surface area contributed by atoms with E-state index >= 15 is 0 Å². The first-order chi connectivity index (χ1) is 15.2. The quantitative estimate of drug-likeness (QED) is 0.333. The van der Waals surface area contributed by atoms with E-state index in [2.05, 4.69) is 10.1 Å². The number of anilines is 2. The summed E-state index contributed by atoms with van der Waals surface area (Å²) in [7, 11) is 0. The first-order valence-electron chi connectivity index (χ1n) is 9.29. The minimum atomic E-state index is -4.87. The first-order valence-corrected chi connectivity index (χ1v) is 9.29. The zero-order valence-electron chi connectivity index (χ0n) is 16.2. The van der Waals surface area contributed by atoms with Gasteiger partial charge in [-0.05, 0) is 66.7 Å². The van der Waals surface area contributed by atoms with Crippen LogP contribution in [0.25, 0.3) is 16.9 Å². The van der Waals surface area contributed by atoms with Crippen LogP contribution in [0.15, 0.2) is 78.9 Å². The molecule has 9 heteroatoms. The summed E-state index contributed by atoms with van der Waals surface area (Å²) in [4.78, 5) is 0. The van der Waals surface area contributed by atoms with Crippen molar-refractivity contribution in [1.82, 2.24) is 4.57 Å². The molecule has 0 amide bonds. The molecule has 4 nitrogen and oxygen atoms in total. The molecule has 0 bridgehead atoms. The van der Waals surface area contributed by atoms with Crippen molar-refractivity contribution in [1.29, 1.82) is 0 Å². The van der Waals surface area contributed by atoms with Gasteiger partial charge in [-0.15, -0.1) is 13.2 Å². The fraction of sp³-hybridized carbons (Fsp3) is 0.0435. The van der Waals surface area contributed by atoms with Gasteiger partial charge in [0.05, 0.1) is 5.69 Å². The molecule has 0 unspecified atom stereocenters. The van der Waals surface area contributed by atoms with Gasteiger partial charge in [-0.3, -0.25) is 4.57 Å². The second kappa shape index (κ2) is 8.26. The zero-order valence-corrected chi connectivity index (χ0v) is 16.2. The van der Waals surface area contributed by atoms with Crippen LogP contribution in [0.1, 0.15) is 0 Å². The second-order valence-electron chi connectivity index (χ2n) is 6.79. The molecule has 164 valence electrons. The van der Waals surface area contributed by atoms with Crippen molar-refractivity contribution in [3.8, 4) is 28.6 Å². The number of halogens is 5. The van der Waals surface area contributed by atoms with E-state index in [-0.39, 0.29) is 11.6 Å². The van der Waals surface area contributed by atoms with Crippen molar-refractivity contribution in [3.05, 3.63) is 90.5 Å². The maximum Gasteiger partial charge on any atom is 0.573 e. The predicted molar refractivity (Wildman–Crippen MR) is 109 cm³/mol. The number of alkyl halides is 3. The summed E-state index contributed by atoms with van der Waals surface area (Å²) in [6.45, 7) is 0. The topological polar surface area (TPSA) is 46.4 Å². The van der Waals surface area contributed by atoms with Crippen molar-refractivity contribution in [2.24, 2.45) is 0 Å². The molecule has 4 rings (SSSR count).